The molecule has 0 radical (unpaired) electrons. The second kappa shape index (κ2) is 15.1. The lowest BCUT2D eigenvalue weighted by atomic mass is 9.70. The number of anilines is 3. The van der Waals surface area contributed by atoms with Crippen LogP contribution in [0.4, 0.5) is 17.1 Å². The molecule has 3 aliphatic carbocycles. The van der Waals surface area contributed by atoms with Crippen molar-refractivity contribution in [2.75, 3.05) is 4.90 Å². The van der Waals surface area contributed by atoms with E-state index in [-0.39, 0.29) is 0 Å². The van der Waals surface area contributed by atoms with Crippen LogP contribution in [0.5, 0.6) is 0 Å². The van der Waals surface area contributed by atoms with E-state index in [1.165, 1.54) is 111 Å². The van der Waals surface area contributed by atoms with Gasteiger partial charge < -0.3 is 4.90 Å². The third-order valence-electron chi connectivity index (χ3n) is 14.9. The molecule has 11 aromatic rings. The molecule has 0 saturated heterocycles. The monoisotopic (exact) mass is 861 g/mol. The van der Waals surface area contributed by atoms with Crippen molar-refractivity contribution in [2.24, 2.45) is 0 Å². The van der Waals surface area contributed by atoms with E-state index >= 15 is 0 Å². The van der Waals surface area contributed by atoms with E-state index in [0.717, 1.165) is 17.1 Å². The fraction of sp³-hybridized carbons (Fsp3) is 0.0149. The zero-order chi connectivity index (χ0) is 44.8. The van der Waals surface area contributed by atoms with Gasteiger partial charge in [-0.3, -0.25) is 0 Å². The molecule has 3 aliphatic rings. The summed E-state index contributed by atoms with van der Waals surface area (Å²) in [6.07, 6.45) is 0. The van der Waals surface area contributed by atoms with Crippen molar-refractivity contribution in [3.8, 4) is 89.0 Å². The first kappa shape index (κ1) is 38.5. The van der Waals surface area contributed by atoms with Crippen LogP contribution < -0.4 is 4.90 Å². The Morgan fingerprint density at radius 1 is 0.191 bits per heavy atom. The SMILES string of the molecule is c1ccc(-c2ccc(-c3ccc(N(c4ccc5c(c4)-c4ccccc4-c4ccccc4-c4ccccc4-5)c4ccc5c(c4)-c4ccccc4C54c5ccccc5-c5ccccc54)cc3)cc2)cc1. The van der Waals surface area contributed by atoms with Gasteiger partial charge in [0.15, 0.2) is 0 Å². The van der Waals surface area contributed by atoms with Crippen LogP contribution in [0.1, 0.15) is 22.3 Å². The van der Waals surface area contributed by atoms with Crippen molar-refractivity contribution >= 4 is 17.1 Å². The van der Waals surface area contributed by atoms with Crippen molar-refractivity contribution in [2.45, 2.75) is 5.41 Å². The molecule has 0 fully saturated rings. The first-order chi connectivity index (χ1) is 33.7. The Labute approximate surface area is 397 Å². The van der Waals surface area contributed by atoms with Crippen LogP contribution in [0.25, 0.3) is 89.0 Å². The molecule has 1 heteroatoms. The smallest absolute Gasteiger partial charge is 0.0725 e. The summed E-state index contributed by atoms with van der Waals surface area (Å²) in [5.74, 6) is 0. The summed E-state index contributed by atoms with van der Waals surface area (Å²) in [7, 11) is 0. The first-order valence-electron chi connectivity index (χ1n) is 23.7. The molecule has 0 aliphatic heterocycles. The van der Waals surface area contributed by atoms with Gasteiger partial charge in [-0.05, 0) is 148 Å². The molecule has 0 unspecified atom stereocenters. The van der Waals surface area contributed by atoms with E-state index in [0.29, 0.717) is 0 Å². The molecule has 0 saturated carbocycles. The maximum absolute atomic E-state index is 2.47. The van der Waals surface area contributed by atoms with E-state index in [4.69, 9.17) is 0 Å². The lowest BCUT2D eigenvalue weighted by Gasteiger charge is -2.31. The van der Waals surface area contributed by atoms with E-state index in [2.05, 4.69) is 266 Å². The van der Waals surface area contributed by atoms with Gasteiger partial charge in [0.1, 0.15) is 0 Å². The summed E-state index contributed by atoms with van der Waals surface area (Å²) in [5.41, 5.74) is 28.2. The number of nitrogens with zero attached hydrogens (tertiary/aromatic N) is 1. The van der Waals surface area contributed by atoms with E-state index in [1.54, 1.807) is 0 Å². The van der Waals surface area contributed by atoms with Gasteiger partial charge in [0, 0.05) is 17.1 Å². The fourth-order valence-corrected chi connectivity index (χ4v) is 12.0. The summed E-state index contributed by atoms with van der Waals surface area (Å²) in [5, 5.41) is 0. The Balaban J connectivity index is 0.971. The summed E-state index contributed by atoms with van der Waals surface area (Å²) >= 11 is 0. The van der Waals surface area contributed by atoms with E-state index in [1.807, 2.05) is 0 Å². The molecule has 0 bridgehead atoms. The molecule has 0 aromatic heterocycles. The van der Waals surface area contributed by atoms with Crippen molar-refractivity contribution in [1.29, 1.82) is 0 Å². The van der Waals surface area contributed by atoms with Crippen molar-refractivity contribution in [3.05, 3.63) is 283 Å². The Hall–Kier alpha value is -8.78. The van der Waals surface area contributed by atoms with Crippen LogP contribution in [0.2, 0.25) is 0 Å². The van der Waals surface area contributed by atoms with Crippen LogP contribution >= 0.6 is 0 Å². The molecular formula is C67H43N. The van der Waals surface area contributed by atoms with Crippen LogP contribution in [-0.4, -0.2) is 0 Å². The zero-order valence-electron chi connectivity index (χ0n) is 37.3. The highest BCUT2D eigenvalue weighted by Gasteiger charge is 2.51. The molecule has 0 heterocycles. The minimum atomic E-state index is -0.407. The lowest BCUT2D eigenvalue weighted by Crippen LogP contribution is -2.25. The topological polar surface area (TPSA) is 3.24 Å². The molecule has 14 rings (SSSR count). The Morgan fingerprint density at radius 2 is 0.485 bits per heavy atom. The number of rotatable bonds is 5. The van der Waals surface area contributed by atoms with Crippen molar-refractivity contribution in [3.63, 3.8) is 0 Å². The van der Waals surface area contributed by atoms with E-state index in [9.17, 15) is 0 Å². The predicted molar refractivity (Wildman–Crippen MR) is 284 cm³/mol. The van der Waals surface area contributed by atoms with E-state index < -0.39 is 5.41 Å². The van der Waals surface area contributed by atoms with Crippen LogP contribution in [0.15, 0.2) is 261 Å². The average molecular weight is 862 g/mol. The molecule has 0 N–H and O–H groups in total. The second-order valence-corrected chi connectivity index (χ2v) is 18.3. The van der Waals surface area contributed by atoms with Crippen LogP contribution in [0, 0.1) is 0 Å². The highest BCUT2D eigenvalue weighted by molar-refractivity contribution is 6.04. The molecule has 0 amide bonds. The zero-order valence-corrected chi connectivity index (χ0v) is 37.3. The maximum Gasteiger partial charge on any atom is 0.0725 e. The largest absolute Gasteiger partial charge is 0.310 e. The summed E-state index contributed by atoms with van der Waals surface area (Å²) in [6.45, 7) is 0. The minimum Gasteiger partial charge on any atom is -0.310 e. The standard InChI is InChI=1S/C67H43N/c1-2-16-44(17-3-1)45-30-32-46(33-31-45)47-34-36-48(37-35-47)68(49-38-40-57-55-22-7-6-20-53(55)51-18-4-5-19-52(51)54-21-8-9-23-56(54)61(57)42-49)50-39-41-66-62(43-50)60-26-12-15-29-65(60)67(66)63-27-13-10-24-58(63)59-25-11-14-28-64(59)67/h1-43H. The molecule has 316 valence electrons. The molecule has 68 heavy (non-hydrogen) atoms. The van der Waals surface area contributed by atoms with Gasteiger partial charge in [-0.25, -0.2) is 0 Å². The first-order valence-corrected chi connectivity index (χ1v) is 23.7. The maximum atomic E-state index is 2.47. The lowest BCUT2D eigenvalue weighted by molar-refractivity contribution is 0.794. The van der Waals surface area contributed by atoms with Gasteiger partial charge in [0.05, 0.1) is 5.41 Å². The van der Waals surface area contributed by atoms with Gasteiger partial charge in [-0.15, -0.1) is 0 Å². The van der Waals surface area contributed by atoms with Gasteiger partial charge in [-0.2, -0.15) is 0 Å². The quantitative estimate of drug-likeness (QED) is 0.167. The Morgan fingerprint density at radius 3 is 0.956 bits per heavy atom. The Kier molecular flexibility index (Phi) is 8.57. The third kappa shape index (κ3) is 5.63. The second-order valence-electron chi connectivity index (χ2n) is 18.3. The molecule has 1 spiro atoms. The van der Waals surface area contributed by atoms with Gasteiger partial charge in [0.2, 0.25) is 0 Å². The summed E-state index contributed by atoms with van der Waals surface area (Å²) < 4.78 is 0. The normalized spacial score (nSPS) is 12.8. The number of benzene rings is 11. The van der Waals surface area contributed by atoms with Crippen LogP contribution in [0.3, 0.4) is 0 Å². The fourth-order valence-electron chi connectivity index (χ4n) is 12.0. The highest BCUT2D eigenvalue weighted by Crippen LogP contribution is 2.63. The average Bonchev–Trinajstić information content (AvgIpc) is 3.88. The highest BCUT2D eigenvalue weighted by atomic mass is 15.1. The summed E-state index contributed by atoms with van der Waals surface area (Å²) in [4.78, 5) is 2.47. The summed E-state index contributed by atoms with van der Waals surface area (Å²) in [6, 6.07) is 97.0. The van der Waals surface area contributed by atoms with Crippen LogP contribution in [-0.2, 0) is 5.41 Å². The molecule has 0 atom stereocenters. The van der Waals surface area contributed by atoms with Gasteiger partial charge >= 0.3 is 0 Å². The van der Waals surface area contributed by atoms with Gasteiger partial charge in [-0.1, -0.05) is 224 Å². The predicted octanol–water partition coefficient (Wildman–Crippen LogP) is 17.8. The van der Waals surface area contributed by atoms with Gasteiger partial charge in [0.25, 0.3) is 0 Å². The number of hydrogen-bond acceptors (Lipinski definition) is 1. The molecule has 1 nitrogen and oxygen atoms in total. The Bertz CT molecular complexity index is 3730. The molecule has 11 aromatic carbocycles. The minimum absolute atomic E-state index is 0.407. The number of fused-ring (bicyclic) bond motifs is 18. The molecular weight excluding hydrogens is 819 g/mol. The number of hydrogen-bond donors (Lipinski definition) is 0. The van der Waals surface area contributed by atoms with Crippen molar-refractivity contribution in [1.82, 2.24) is 0 Å². The third-order valence-corrected chi connectivity index (χ3v) is 14.9. The van der Waals surface area contributed by atoms with Crippen molar-refractivity contribution < 1.29 is 0 Å².